The first-order chi connectivity index (χ1) is 19.7. The van der Waals surface area contributed by atoms with E-state index in [0.717, 1.165) is 49.3 Å². The molecule has 2 aromatic heterocycles. The van der Waals surface area contributed by atoms with Gasteiger partial charge in [-0.3, -0.25) is 4.79 Å². The van der Waals surface area contributed by atoms with Crippen LogP contribution in [0.2, 0.25) is 0 Å². The predicted octanol–water partition coefficient (Wildman–Crippen LogP) is 6.39. The van der Waals surface area contributed by atoms with Crippen LogP contribution in [0.3, 0.4) is 0 Å². The van der Waals surface area contributed by atoms with Crippen LogP contribution in [0.4, 0.5) is 24.8 Å². The Hall–Kier alpha value is -3.79. The third-order valence-electron chi connectivity index (χ3n) is 7.96. The van der Waals surface area contributed by atoms with Gasteiger partial charge in [-0.1, -0.05) is 31.0 Å². The molecule has 0 radical (unpaired) electrons. The second kappa shape index (κ2) is 12.8. The number of carbonyl (C=O) groups is 1. The van der Waals surface area contributed by atoms with Crippen molar-refractivity contribution in [1.82, 2.24) is 24.8 Å². The molecule has 1 saturated heterocycles. The molecule has 1 aromatic carbocycles. The monoisotopic (exact) mass is 564 g/mol. The van der Waals surface area contributed by atoms with Gasteiger partial charge in [-0.15, -0.1) is 0 Å². The number of hydrogen-bond donors (Lipinski definition) is 1. The summed E-state index contributed by atoms with van der Waals surface area (Å²) in [5, 5.41) is 3.16. The average Bonchev–Trinajstić information content (AvgIpc) is 3.51. The summed E-state index contributed by atoms with van der Waals surface area (Å²) in [7, 11) is 0. The fraction of sp³-hybridized carbons (Fsp3) is 0.419. The maximum absolute atomic E-state index is 13.5. The number of rotatable bonds is 8. The quantitative estimate of drug-likeness (QED) is 0.320. The topological polar surface area (TPSA) is 74.2 Å². The molecule has 1 aliphatic heterocycles. The van der Waals surface area contributed by atoms with Crippen LogP contribution in [0.25, 0.3) is 6.08 Å². The first kappa shape index (κ1) is 28.7. The molecule has 1 saturated carbocycles. The summed E-state index contributed by atoms with van der Waals surface area (Å²) in [5.74, 6) is 1.12. The second-order valence-electron chi connectivity index (χ2n) is 10.8. The molecule has 3 aromatic rings. The number of anilines is 2. The van der Waals surface area contributed by atoms with Gasteiger partial charge in [0.25, 0.3) is 0 Å². The van der Waals surface area contributed by atoms with E-state index in [9.17, 15) is 18.0 Å². The van der Waals surface area contributed by atoms with Crippen molar-refractivity contribution in [2.24, 2.45) is 0 Å². The highest BCUT2D eigenvalue weighted by atomic mass is 19.4. The first-order valence-electron chi connectivity index (χ1n) is 14.2. The molecule has 1 amide bonds. The number of nitrogens with zero attached hydrogens (tertiary/aromatic N) is 5. The molecule has 5 rings (SSSR count). The average molecular weight is 565 g/mol. The third-order valence-corrected chi connectivity index (χ3v) is 7.96. The van der Waals surface area contributed by atoms with Crippen molar-refractivity contribution in [3.8, 4) is 0 Å². The number of nitrogens with one attached hydrogen (secondary N) is 1. The van der Waals surface area contributed by atoms with Gasteiger partial charge in [0.1, 0.15) is 18.0 Å². The Morgan fingerprint density at radius 1 is 1.00 bits per heavy atom. The number of alkyl halides is 3. The Morgan fingerprint density at radius 3 is 2.37 bits per heavy atom. The van der Waals surface area contributed by atoms with Crippen molar-refractivity contribution < 1.29 is 18.0 Å². The number of benzene rings is 1. The summed E-state index contributed by atoms with van der Waals surface area (Å²) in [6.07, 6.45) is 8.76. The lowest BCUT2D eigenvalue weighted by Crippen LogP contribution is -2.48. The molecule has 0 bridgehead atoms. The molecule has 0 atom stereocenters. The van der Waals surface area contributed by atoms with Gasteiger partial charge in [0.05, 0.1) is 5.56 Å². The van der Waals surface area contributed by atoms with Crippen molar-refractivity contribution in [3.63, 3.8) is 0 Å². The number of piperidine rings is 1. The van der Waals surface area contributed by atoms with Gasteiger partial charge in [-0.05, 0) is 68.0 Å². The van der Waals surface area contributed by atoms with E-state index in [0.29, 0.717) is 29.8 Å². The van der Waals surface area contributed by atoms with Crippen LogP contribution in [-0.2, 0) is 17.5 Å². The van der Waals surface area contributed by atoms with Crippen LogP contribution < -0.4 is 5.32 Å². The van der Waals surface area contributed by atoms with Crippen LogP contribution >= 0.6 is 0 Å². The number of hydrogen-bond acceptors (Lipinski definition) is 6. The zero-order valence-electron chi connectivity index (χ0n) is 23.1. The van der Waals surface area contributed by atoms with Gasteiger partial charge < -0.3 is 15.1 Å². The van der Waals surface area contributed by atoms with E-state index in [1.807, 2.05) is 30.0 Å². The Kier molecular flexibility index (Phi) is 8.97. The van der Waals surface area contributed by atoms with Crippen LogP contribution in [0.1, 0.15) is 60.9 Å². The molecule has 1 aliphatic carbocycles. The minimum absolute atomic E-state index is 0.0687. The van der Waals surface area contributed by atoms with Crippen molar-refractivity contribution in [2.45, 2.75) is 70.3 Å². The van der Waals surface area contributed by atoms with Gasteiger partial charge >= 0.3 is 6.18 Å². The normalized spacial score (nSPS) is 17.3. The van der Waals surface area contributed by atoms with Gasteiger partial charge in [0.2, 0.25) is 5.91 Å². The number of aryl methyl sites for hydroxylation is 1. The predicted molar refractivity (Wildman–Crippen MR) is 152 cm³/mol. The zero-order valence-corrected chi connectivity index (χ0v) is 23.1. The lowest BCUT2D eigenvalue weighted by Gasteiger charge is -2.40. The molecule has 0 spiro atoms. The SMILES string of the molecule is Cc1cc(Nc2ccc(CN(C(=O)/C=C/c3ccc(C(F)(F)F)cc3)C3CCN(C4CCCC4)CC3)cn2)ncn1. The highest BCUT2D eigenvalue weighted by Crippen LogP contribution is 2.30. The van der Waals surface area contributed by atoms with E-state index >= 15 is 0 Å². The minimum Gasteiger partial charge on any atom is -0.332 e. The van der Waals surface area contributed by atoms with Crippen LogP contribution in [0.15, 0.2) is 61.1 Å². The fourth-order valence-corrected chi connectivity index (χ4v) is 5.71. The van der Waals surface area contributed by atoms with E-state index in [2.05, 4.69) is 25.2 Å². The Labute approximate surface area is 238 Å². The third kappa shape index (κ3) is 7.70. The summed E-state index contributed by atoms with van der Waals surface area (Å²) in [4.78, 5) is 30.8. The zero-order chi connectivity index (χ0) is 28.8. The van der Waals surface area contributed by atoms with E-state index in [-0.39, 0.29) is 11.9 Å². The molecule has 2 fully saturated rings. The van der Waals surface area contributed by atoms with E-state index in [1.165, 1.54) is 50.2 Å². The van der Waals surface area contributed by atoms with Crippen molar-refractivity contribution in [1.29, 1.82) is 0 Å². The summed E-state index contributed by atoms with van der Waals surface area (Å²) in [6, 6.07) is 11.2. The summed E-state index contributed by atoms with van der Waals surface area (Å²) < 4.78 is 38.8. The number of likely N-dealkylation sites (tertiary alicyclic amines) is 1. The molecule has 1 N–H and O–H groups in total. The smallest absolute Gasteiger partial charge is 0.332 e. The van der Waals surface area contributed by atoms with Gasteiger partial charge in [-0.25, -0.2) is 15.0 Å². The van der Waals surface area contributed by atoms with Crippen molar-refractivity contribution >= 4 is 23.6 Å². The summed E-state index contributed by atoms with van der Waals surface area (Å²) in [6.45, 7) is 4.20. The molecule has 0 unspecified atom stereocenters. The standard InChI is InChI=1S/C31H35F3N6O/c1-22-18-29(37-21-36-22)38-28-12-8-24(19-35-28)20-40(27-14-16-39(17-15-27)26-4-2-3-5-26)30(41)13-9-23-6-10-25(11-7-23)31(32,33)34/h6-13,18-19,21,26-27H,2-5,14-17,20H2,1H3,(H,35,36,37,38)/b13-9+. The van der Waals surface area contributed by atoms with E-state index < -0.39 is 11.7 Å². The second-order valence-corrected chi connectivity index (χ2v) is 10.8. The number of carbonyl (C=O) groups excluding carboxylic acids is 1. The molecule has 3 heterocycles. The van der Waals surface area contributed by atoms with Crippen molar-refractivity contribution in [3.05, 3.63) is 83.4 Å². The summed E-state index contributed by atoms with van der Waals surface area (Å²) >= 11 is 0. The minimum atomic E-state index is -4.39. The van der Waals surface area contributed by atoms with Crippen LogP contribution in [0.5, 0.6) is 0 Å². The Balaban J connectivity index is 1.28. The molecule has 10 heteroatoms. The summed E-state index contributed by atoms with van der Waals surface area (Å²) in [5.41, 5.74) is 1.57. The molecule has 41 heavy (non-hydrogen) atoms. The maximum Gasteiger partial charge on any atom is 0.416 e. The number of halogens is 3. The maximum atomic E-state index is 13.5. The molecule has 216 valence electrons. The van der Waals surface area contributed by atoms with E-state index in [1.54, 1.807) is 12.3 Å². The van der Waals surface area contributed by atoms with Crippen LogP contribution in [-0.4, -0.2) is 55.8 Å². The largest absolute Gasteiger partial charge is 0.416 e. The number of amides is 1. The highest BCUT2D eigenvalue weighted by molar-refractivity contribution is 5.92. The van der Waals surface area contributed by atoms with Gasteiger partial charge in [0.15, 0.2) is 0 Å². The molecule has 2 aliphatic rings. The van der Waals surface area contributed by atoms with Gasteiger partial charge in [0, 0.05) is 55.8 Å². The first-order valence-corrected chi connectivity index (χ1v) is 14.2. The highest BCUT2D eigenvalue weighted by Gasteiger charge is 2.32. The lowest BCUT2D eigenvalue weighted by molar-refractivity contribution is -0.137. The Bertz CT molecular complexity index is 1330. The van der Waals surface area contributed by atoms with E-state index in [4.69, 9.17) is 0 Å². The van der Waals surface area contributed by atoms with Gasteiger partial charge in [-0.2, -0.15) is 13.2 Å². The number of pyridine rings is 1. The number of aromatic nitrogens is 3. The fourth-order valence-electron chi connectivity index (χ4n) is 5.71. The lowest BCUT2D eigenvalue weighted by atomic mass is 10.00. The molecular formula is C31H35F3N6O. The van der Waals surface area contributed by atoms with Crippen LogP contribution in [0, 0.1) is 6.92 Å². The Morgan fingerprint density at radius 2 is 1.73 bits per heavy atom. The van der Waals surface area contributed by atoms with Crippen molar-refractivity contribution in [2.75, 3.05) is 18.4 Å². The molecule has 7 nitrogen and oxygen atoms in total. The molecular weight excluding hydrogens is 529 g/mol.